The highest BCUT2D eigenvalue weighted by molar-refractivity contribution is 7.91. The summed E-state index contributed by atoms with van der Waals surface area (Å²) >= 11 is 1.21. The molecule has 4 rings (SSSR count). The van der Waals surface area contributed by atoms with E-state index in [9.17, 15) is 16.8 Å². The van der Waals surface area contributed by atoms with Crippen LogP contribution in [-0.4, -0.2) is 64.6 Å². The molecule has 0 amide bonds. The van der Waals surface area contributed by atoms with E-state index in [1.54, 1.807) is 35.7 Å². The first-order valence-electron chi connectivity index (χ1n) is 8.82. The van der Waals surface area contributed by atoms with E-state index in [4.69, 9.17) is 0 Å². The first kappa shape index (κ1) is 19.5. The third kappa shape index (κ3) is 3.85. The van der Waals surface area contributed by atoms with Gasteiger partial charge in [0.2, 0.25) is 0 Å². The van der Waals surface area contributed by atoms with Crippen LogP contribution in [0.1, 0.15) is 6.42 Å². The maximum Gasteiger partial charge on any atom is 0.286 e. The Morgan fingerprint density at radius 1 is 1.07 bits per heavy atom. The average molecular weight is 441 g/mol. The number of sulfonamides is 2. The highest BCUT2D eigenvalue weighted by Crippen LogP contribution is 2.27. The minimum absolute atomic E-state index is 0.169. The van der Waals surface area contributed by atoms with Crippen LogP contribution < -0.4 is 5.32 Å². The maximum absolute atomic E-state index is 12.7. The molecule has 1 aromatic heterocycles. The number of nitrogens with zero attached hydrogens (tertiary/aromatic N) is 3. The quantitative estimate of drug-likeness (QED) is 0.776. The van der Waals surface area contributed by atoms with E-state index in [1.165, 1.54) is 21.7 Å². The van der Waals surface area contributed by atoms with Crippen LogP contribution >= 0.6 is 11.3 Å². The molecule has 0 aliphatic carbocycles. The van der Waals surface area contributed by atoms with E-state index in [2.05, 4.69) is 9.71 Å². The Kier molecular flexibility index (Phi) is 5.27. The molecule has 150 valence electrons. The van der Waals surface area contributed by atoms with Crippen LogP contribution in [0.4, 0.5) is 5.69 Å². The molecule has 28 heavy (non-hydrogen) atoms. The fourth-order valence-corrected chi connectivity index (χ4v) is 7.08. The van der Waals surface area contributed by atoms with Crippen molar-refractivity contribution in [2.45, 2.75) is 15.5 Å². The van der Waals surface area contributed by atoms with Gasteiger partial charge in [-0.05, 0) is 36.5 Å². The molecule has 0 bridgehead atoms. The Morgan fingerprint density at radius 2 is 1.89 bits per heavy atom. The van der Waals surface area contributed by atoms with Crippen molar-refractivity contribution in [1.82, 2.24) is 9.21 Å². The third-order valence-electron chi connectivity index (χ3n) is 4.68. The van der Waals surface area contributed by atoms with Crippen LogP contribution in [0, 0.1) is 0 Å². The second kappa shape index (κ2) is 7.56. The lowest BCUT2D eigenvalue weighted by Crippen LogP contribution is -2.39. The number of hydrogen-bond acceptors (Lipinski definition) is 7. The lowest BCUT2D eigenvalue weighted by Gasteiger charge is -2.24. The third-order valence-corrected chi connectivity index (χ3v) is 9.33. The molecule has 2 aliphatic heterocycles. The number of anilines is 1. The number of para-hydroxylation sites is 1. The van der Waals surface area contributed by atoms with E-state index >= 15 is 0 Å². The SMILES string of the molecule is O=S1(=O)N=C(CN2CCCN(S(=O)(=O)c3cccs3)CC2)Nc2ccccc21. The van der Waals surface area contributed by atoms with E-state index < -0.39 is 20.0 Å². The fourth-order valence-electron chi connectivity index (χ4n) is 3.33. The summed E-state index contributed by atoms with van der Waals surface area (Å²) < 4.78 is 55.9. The summed E-state index contributed by atoms with van der Waals surface area (Å²) in [6.07, 6.45) is 0.668. The summed E-state index contributed by atoms with van der Waals surface area (Å²) in [7, 11) is -7.19. The van der Waals surface area contributed by atoms with Gasteiger partial charge in [-0.2, -0.15) is 12.7 Å². The second-order valence-corrected chi connectivity index (χ2v) is 11.3. The predicted molar refractivity (Wildman–Crippen MR) is 109 cm³/mol. The van der Waals surface area contributed by atoms with Crippen LogP contribution in [0.25, 0.3) is 0 Å². The van der Waals surface area contributed by atoms with Gasteiger partial charge in [-0.1, -0.05) is 18.2 Å². The van der Waals surface area contributed by atoms with Crippen molar-refractivity contribution in [2.24, 2.45) is 4.40 Å². The number of hydrogen-bond donors (Lipinski definition) is 1. The van der Waals surface area contributed by atoms with Crippen molar-refractivity contribution in [1.29, 1.82) is 0 Å². The average Bonchev–Trinajstić information content (AvgIpc) is 3.09. The van der Waals surface area contributed by atoms with Gasteiger partial charge >= 0.3 is 0 Å². The van der Waals surface area contributed by atoms with Crippen LogP contribution in [-0.2, 0) is 20.0 Å². The number of amidine groups is 1. The molecule has 0 atom stereocenters. The van der Waals surface area contributed by atoms with Crippen molar-refractivity contribution in [3.05, 3.63) is 41.8 Å². The Labute approximate surface area is 168 Å². The molecule has 3 heterocycles. The Morgan fingerprint density at radius 3 is 2.68 bits per heavy atom. The van der Waals surface area contributed by atoms with Crippen molar-refractivity contribution in [3.8, 4) is 0 Å². The van der Waals surface area contributed by atoms with Gasteiger partial charge in [0, 0.05) is 19.6 Å². The maximum atomic E-state index is 12.7. The van der Waals surface area contributed by atoms with E-state index in [0.717, 1.165) is 0 Å². The molecule has 1 N–H and O–H groups in total. The summed E-state index contributed by atoms with van der Waals surface area (Å²) in [4.78, 5) is 2.20. The molecule has 2 aromatic rings. The highest BCUT2D eigenvalue weighted by atomic mass is 32.2. The summed E-state index contributed by atoms with van der Waals surface area (Å²) in [6, 6.07) is 10.0. The first-order valence-corrected chi connectivity index (χ1v) is 12.6. The van der Waals surface area contributed by atoms with Crippen LogP contribution in [0.15, 0.2) is 55.3 Å². The number of fused-ring (bicyclic) bond motifs is 1. The molecule has 11 heteroatoms. The molecule has 8 nitrogen and oxygen atoms in total. The Bertz CT molecular complexity index is 1100. The van der Waals surface area contributed by atoms with E-state index in [1.807, 2.05) is 4.90 Å². The van der Waals surface area contributed by atoms with Gasteiger partial charge < -0.3 is 5.32 Å². The smallest absolute Gasteiger partial charge is 0.286 e. The summed E-state index contributed by atoms with van der Waals surface area (Å²) in [5.41, 5.74) is 0.518. The summed E-state index contributed by atoms with van der Waals surface area (Å²) in [5, 5.41) is 4.84. The molecule has 0 spiro atoms. The summed E-state index contributed by atoms with van der Waals surface area (Å²) in [6.45, 7) is 2.29. The number of nitrogens with one attached hydrogen (secondary N) is 1. The number of benzene rings is 1. The molecule has 0 radical (unpaired) electrons. The normalized spacial score (nSPS) is 20.6. The molecule has 1 saturated heterocycles. The minimum atomic E-state index is -3.72. The molecular weight excluding hydrogens is 420 g/mol. The fraction of sp³-hybridized carbons (Fsp3) is 0.353. The van der Waals surface area contributed by atoms with Crippen molar-refractivity contribution >= 4 is 42.9 Å². The van der Waals surface area contributed by atoms with Crippen molar-refractivity contribution < 1.29 is 16.8 Å². The second-order valence-electron chi connectivity index (χ2n) is 6.60. The minimum Gasteiger partial charge on any atom is -0.341 e. The monoisotopic (exact) mass is 440 g/mol. The van der Waals surface area contributed by atoms with Crippen LogP contribution in [0.5, 0.6) is 0 Å². The van der Waals surface area contributed by atoms with E-state index in [0.29, 0.717) is 54.9 Å². The van der Waals surface area contributed by atoms with Gasteiger partial charge in [-0.15, -0.1) is 15.7 Å². The van der Waals surface area contributed by atoms with Crippen LogP contribution in [0.2, 0.25) is 0 Å². The predicted octanol–water partition coefficient (Wildman–Crippen LogP) is 1.66. The van der Waals surface area contributed by atoms with Gasteiger partial charge in [0.15, 0.2) is 0 Å². The molecular formula is C17H20N4O4S3. The van der Waals surface area contributed by atoms with Gasteiger partial charge in [-0.3, -0.25) is 4.90 Å². The Hall–Kier alpha value is -1.79. The molecule has 1 fully saturated rings. The topological polar surface area (TPSA) is 99.2 Å². The first-order chi connectivity index (χ1) is 13.4. The van der Waals surface area contributed by atoms with E-state index in [-0.39, 0.29) is 4.90 Å². The molecule has 0 saturated carbocycles. The van der Waals surface area contributed by atoms with Crippen molar-refractivity contribution in [3.63, 3.8) is 0 Å². The standard InChI is InChI=1S/C17H20N4O4S3/c22-27(23)15-6-2-1-5-14(15)18-16(19-27)13-20-8-4-9-21(11-10-20)28(24,25)17-7-3-12-26-17/h1-3,5-7,12H,4,8-11,13H2,(H,18,19). The zero-order chi connectivity index (χ0) is 19.8. The Balaban J connectivity index is 1.46. The van der Waals surface area contributed by atoms with Gasteiger partial charge in [0.25, 0.3) is 20.0 Å². The van der Waals surface area contributed by atoms with Gasteiger partial charge in [0.05, 0.1) is 12.2 Å². The summed E-state index contributed by atoms with van der Waals surface area (Å²) in [5.74, 6) is 0.355. The number of thiophene rings is 1. The zero-order valence-corrected chi connectivity index (χ0v) is 17.4. The van der Waals surface area contributed by atoms with Crippen LogP contribution in [0.3, 0.4) is 0 Å². The largest absolute Gasteiger partial charge is 0.341 e. The van der Waals surface area contributed by atoms with Gasteiger partial charge in [-0.25, -0.2) is 8.42 Å². The number of rotatable bonds is 4. The molecule has 0 unspecified atom stereocenters. The van der Waals surface area contributed by atoms with Crippen molar-refractivity contribution in [2.75, 3.05) is 38.0 Å². The zero-order valence-electron chi connectivity index (χ0n) is 15.0. The lowest BCUT2D eigenvalue weighted by molar-refractivity contribution is 0.324. The highest BCUT2D eigenvalue weighted by Gasteiger charge is 2.29. The molecule has 1 aromatic carbocycles. The lowest BCUT2D eigenvalue weighted by atomic mass is 10.3. The van der Waals surface area contributed by atoms with Gasteiger partial charge in [0.1, 0.15) is 14.9 Å². The molecule has 2 aliphatic rings.